The molecule has 1 aromatic rings. The van der Waals surface area contributed by atoms with Crippen LogP contribution in [0.25, 0.3) is 0 Å². The lowest BCUT2D eigenvalue weighted by Gasteiger charge is -2.40. The van der Waals surface area contributed by atoms with Crippen molar-refractivity contribution in [3.8, 4) is 11.5 Å². The zero-order valence-electron chi connectivity index (χ0n) is 11.0. The van der Waals surface area contributed by atoms with E-state index in [0.717, 1.165) is 11.0 Å². The average Bonchev–Trinajstić information content (AvgIpc) is 2.36. The third-order valence-electron chi connectivity index (χ3n) is 3.25. The predicted octanol–water partition coefficient (Wildman–Crippen LogP) is -0.0250. The Morgan fingerprint density at radius 2 is 1.90 bits per heavy atom. The van der Waals surface area contributed by atoms with Gasteiger partial charge in [-0.1, -0.05) is 0 Å². The molecule has 1 saturated heterocycles. The molecule has 7 nitrogen and oxygen atoms in total. The molecule has 7 heteroatoms. The van der Waals surface area contributed by atoms with E-state index in [2.05, 4.69) is 5.32 Å². The smallest absolute Gasteiger partial charge is 0.255 e. The van der Waals surface area contributed by atoms with Gasteiger partial charge in [0.15, 0.2) is 11.5 Å². The van der Waals surface area contributed by atoms with Crippen LogP contribution in [0.5, 0.6) is 11.5 Å². The zero-order valence-corrected chi connectivity index (χ0v) is 11.0. The number of hydrogen-bond donors (Lipinski definition) is 3. The number of amides is 3. The number of phenolic OH excluding ortho intramolecular Hbond substituents is 2. The number of hydrogen-bond acceptors (Lipinski definition) is 5. The van der Waals surface area contributed by atoms with Crippen LogP contribution < -0.4 is 5.32 Å². The van der Waals surface area contributed by atoms with Gasteiger partial charge in [0.2, 0.25) is 5.91 Å². The molecule has 106 valence electrons. The number of imide groups is 1. The minimum atomic E-state index is -1.18. The largest absolute Gasteiger partial charge is 0.504 e. The SMILES string of the molecule is CC1(C)C(=O)NC(=O)CN1C(=O)c1ccc(O)c(O)c1. The van der Waals surface area contributed by atoms with Gasteiger partial charge in [0.05, 0.1) is 0 Å². The fraction of sp³-hybridized carbons (Fsp3) is 0.308. The highest BCUT2D eigenvalue weighted by atomic mass is 16.3. The third-order valence-corrected chi connectivity index (χ3v) is 3.25. The molecule has 20 heavy (non-hydrogen) atoms. The number of rotatable bonds is 1. The molecule has 0 aromatic heterocycles. The summed E-state index contributed by atoms with van der Waals surface area (Å²) in [6.45, 7) is 2.79. The molecule has 0 radical (unpaired) electrons. The Morgan fingerprint density at radius 1 is 1.25 bits per heavy atom. The molecule has 0 bridgehead atoms. The topological polar surface area (TPSA) is 107 Å². The number of benzene rings is 1. The molecule has 0 aliphatic carbocycles. The number of carbonyl (C=O) groups is 3. The van der Waals surface area contributed by atoms with Crippen LogP contribution in [0.2, 0.25) is 0 Å². The van der Waals surface area contributed by atoms with Gasteiger partial charge in [0.25, 0.3) is 11.8 Å². The van der Waals surface area contributed by atoms with Crippen LogP contribution >= 0.6 is 0 Å². The first-order valence-corrected chi connectivity index (χ1v) is 5.91. The van der Waals surface area contributed by atoms with E-state index in [-0.39, 0.29) is 17.9 Å². The van der Waals surface area contributed by atoms with E-state index in [4.69, 9.17) is 0 Å². The number of nitrogens with one attached hydrogen (secondary N) is 1. The Kier molecular flexibility index (Phi) is 3.13. The van der Waals surface area contributed by atoms with E-state index >= 15 is 0 Å². The lowest BCUT2D eigenvalue weighted by Crippen LogP contribution is -2.65. The van der Waals surface area contributed by atoms with Gasteiger partial charge in [-0.25, -0.2) is 0 Å². The van der Waals surface area contributed by atoms with Crippen LogP contribution in [0.3, 0.4) is 0 Å². The summed E-state index contributed by atoms with van der Waals surface area (Å²) in [5.41, 5.74) is -1.10. The van der Waals surface area contributed by atoms with Crippen molar-refractivity contribution in [2.24, 2.45) is 0 Å². The summed E-state index contributed by atoms with van der Waals surface area (Å²) in [6, 6.07) is 3.57. The summed E-state index contributed by atoms with van der Waals surface area (Å²) in [4.78, 5) is 36.7. The first-order valence-electron chi connectivity index (χ1n) is 5.91. The fourth-order valence-corrected chi connectivity index (χ4v) is 1.92. The molecule has 2 rings (SSSR count). The number of piperazine rings is 1. The minimum absolute atomic E-state index is 0.0795. The van der Waals surface area contributed by atoms with Gasteiger partial charge < -0.3 is 15.1 Å². The molecule has 3 N–H and O–H groups in total. The summed E-state index contributed by atoms with van der Waals surface area (Å²) in [5.74, 6) is -2.50. The van der Waals surface area contributed by atoms with Crippen LogP contribution in [0.15, 0.2) is 18.2 Å². The normalized spacial score (nSPS) is 17.8. The van der Waals surface area contributed by atoms with Gasteiger partial charge in [-0.2, -0.15) is 0 Å². The second kappa shape index (κ2) is 4.52. The maximum absolute atomic E-state index is 12.4. The maximum atomic E-state index is 12.4. The number of aromatic hydroxyl groups is 2. The van der Waals surface area contributed by atoms with E-state index in [0.29, 0.717) is 0 Å². The molecule has 0 unspecified atom stereocenters. The minimum Gasteiger partial charge on any atom is -0.504 e. The zero-order chi connectivity index (χ0) is 15.1. The van der Waals surface area contributed by atoms with Crippen LogP contribution in [-0.2, 0) is 9.59 Å². The van der Waals surface area contributed by atoms with Gasteiger partial charge in [0.1, 0.15) is 12.1 Å². The van der Waals surface area contributed by atoms with Gasteiger partial charge >= 0.3 is 0 Å². The summed E-state index contributed by atoms with van der Waals surface area (Å²) >= 11 is 0. The lowest BCUT2D eigenvalue weighted by atomic mass is 9.97. The summed E-state index contributed by atoms with van der Waals surface area (Å²) in [5, 5.41) is 20.8. The van der Waals surface area contributed by atoms with E-state index in [1.165, 1.54) is 26.0 Å². The van der Waals surface area contributed by atoms with Gasteiger partial charge in [0, 0.05) is 5.56 Å². The molecule has 0 atom stereocenters. The van der Waals surface area contributed by atoms with Gasteiger partial charge in [-0.3, -0.25) is 19.7 Å². The second-order valence-electron chi connectivity index (χ2n) is 5.03. The maximum Gasteiger partial charge on any atom is 0.255 e. The van der Waals surface area contributed by atoms with Crippen molar-refractivity contribution in [2.45, 2.75) is 19.4 Å². The number of carbonyl (C=O) groups excluding carboxylic acids is 3. The summed E-state index contributed by atoms with van der Waals surface area (Å²) < 4.78 is 0. The van der Waals surface area contributed by atoms with Crippen molar-refractivity contribution in [3.63, 3.8) is 0 Å². The van der Waals surface area contributed by atoms with E-state index < -0.39 is 29.0 Å². The number of phenols is 2. The summed E-state index contributed by atoms with van der Waals surface area (Å²) in [7, 11) is 0. The Labute approximate surface area is 114 Å². The monoisotopic (exact) mass is 278 g/mol. The molecule has 0 saturated carbocycles. The van der Waals surface area contributed by atoms with Crippen LogP contribution in [0, 0.1) is 0 Å². The highest BCUT2D eigenvalue weighted by Crippen LogP contribution is 2.27. The van der Waals surface area contributed by atoms with Gasteiger partial charge in [-0.15, -0.1) is 0 Å². The molecule has 1 heterocycles. The predicted molar refractivity (Wildman–Crippen MR) is 68.0 cm³/mol. The quantitative estimate of drug-likeness (QED) is 0.494. The second-order valence-corrected chi connectivity index (χ2v) is 5.03. The molecule has 3 amide bonds. The molecule has 1 aromatic carbocycles. The van der Waals surface area contributed by atoms with Crippen molar-refractivity contribution in [3.05, 3.63) is 23.8 Å². The Bertz CT molecular complexity index is 609. The van der Waals surface area contributed by atoms with Crippen molar-refractivity contribution in [2.75, 3.05) is 6.54 Å². The Hall–Kier alpha value is -2.57. The number of nitrogens with zero attached hydrogens (tertiary/aromatic N) is 1. The van der Waals surface area contributed by atoms with Crippen LogP contribution in [0.1, 0.15) is 24.2 Å². The molecule has 1 aliphatic heterocycles. The van der Waals surface area contributed by atoms with Crippen molar-refractivity contribution in [1.29, 1.82) is 0 Å². The standard InChI is InChI=1S/C13H14N2O5/c1-13(2)12(20)14-10(18)6-15(13)11(19)7-3-4-8(16)9(17)5-7/h3-5,16-17H,6H2,1-2H3,(H,14,18,20). The van der Waals surface area contributed by atoms with E-state index in [9.17, 15) is 24.6 Å². The Balaban J connectivity index is 2.38. The summed E-state index contributed by atoms with van der Waals surface area (Å²) in [6.07, 6.45) is 0. The first-order chi connectivity index (χ1) is 9.23. The molecule has 0 spiro atoms. The van der Waals surface area contributed by atoms with Crippen molar-refractivity contribution < 1.29 is 24.6 Å². The lowest BCUT2D eigenvalue weighted by molar-refractivity contribution is -0.143. The Morgan fingerprint density at radius 3 is 2.50 bits per heavy atom. The highest BCUT2D eigenvalue weighted by molar-refractivity contribution is 6.08. The van der Waals surface area contributed by atoms with Crippen LogP contribution in [0.4, 0.5) is 0 Å². The molecular weight excluding hydrogens is 264 g/mol. The molecule has 1 fully saturated rings. The molecule has 1 aliphatic rings. The molecular formula is C13H14N2O5. The van der Waals surface area contributed by atoms with E-state index in [1.54, 1.807) is 0 Å². The third kappa shape index (κ3) is 2.18. The first kappa shape index (κ1) is 13.9. The van der Waals surface area contributed by atoms with Crippen molar-refractivity contribution >= 4 is 17.7 Å². The van der Waals surface area contributed by atoms with Crippen LogP contribution in [-0.4, -0.2) is 44.9 Å². The van der Waals surface area contributed by atoms with E-state index in [1.807, 2.05) is 0 Å². The van der Waals surface area contributed by atoms with Gasteiger partial charge in [-0.05, 0) is 32.0 Å². The average molecular weight is 278 g/mol. The van der Waals surface area contributed by atoms with Crippen molar-refractivity contribution in [1.82, 2.24) is 10.2 Å². The highest BCUT2D eigenvalue weighted by Gasteiger charge is 2.43. The fourth-order valence-electron chi connectivity index (χ4n) is 1.92.